The number of nitrogens with two attached hydrogens (primary N) is 1. The molecule has 0 aromatic carbocycles. The lowest BCUT2D eigenvalue weighted by Gasteiger charge is -2.06. The zero-order valence-corrected chi connectivity index (χ0v) is 12.3. The Labute approximate surface area is 113 Å². The molecule has 114 valence electrons. The van der Waals surface area contributed by atoms with E-state index in [2.05, 4.69) is 13.8 Å². The minimum Gasteiger partial charge on any atom is -0.379 e. The van der Waals surface area contributed by atoms with Gasteiger partial charge in [0.1, 0.15) is 0 Å². The van der Waals surface area contributed by atoms with Crippen molar-refractivity contribution < 1.29 is 20.4 Å². The maximum absolute atomic E-state index is 5.26. The summed E-state index contributed by atoms with van der Waals surface area (Å²) in [5, 5.41) is 0. The van der Waals surface area contributed by atoms with Crippen LogP contribution in [0.3, 0.4) is 0 Å². The summed E-state index contributed by atoms with van der Waals surface area (Å²) in [5.74, 6) is 0. The topological polar surface area (TPSA) is 62.9 Å². The molecule has 0 aliphatic rings. The first-order valence-electron chi connectivity index (χ1n) is 6.84. The standard InChI is InChI=1S/C10H23NO4.C3H8.H2/c1-2-12-5-6-14-9-10-15-8-7-13-4-3-11;1-3-2;/h2-11H2,1H3;3H2,1-2H3;1H. The monoisotopic (exact) mass is 267 g/mol. The second-order valence-electron chi connectivity index (χ2n) is 3.53. The highest BCUT2D eigenvalue weighted by Gasteiger charge is 1.90. The third-order valence-corrected chi connectivity index (χ3v) is 1.58. The number of ether oxygens (including phenoxy) is 4. The third kappa shape index (κ3) is 24.9. The fourth-order valence-corrected chi connectivity index (χ4v) is 0.887. The summed E-state index contributed by atoms with van der Waals surface area (Å²) in [6, 6.07) is 0. The molecule has 0 saturated carbocycles. The lowest BCUT2D eigenvalue weighted by Crippen LogP contribution is -2.14. The molecule has 0 unspecified atom stereocenters. The highest BCUT2D eigenvalue weighted by molar-refractivity contribution is 4.35. The molecule has 0 aliphatic carbocycles. The quantitative estimate of drug-likeness (QED) is 0.545. The summed E-state index contributed by atoms with van der Waals surface area (Å²) in [6.07, 6.45) is 1.25. The minimum atomic E-state index is 0. The largest absolute Gasteiger partial charge is 0.379 e. The van der Waals surface area contributed by atoms with Gasteiger partial charge in [-0.2, -0.15) is 0 Å². The summed E-state index contributed by atoms with van der Waals surface area (Å²) < 4.78 is 20.7. The summed E-state index contributed by atoms with van der Waals surface area (Å²) in [6.45, 7) is 11.8. The van der Waals surface area contributed by atoms with Gasteiger partial charge in [-0.15, -0.1) is 0 Å². The van der Waals surface area contributed by atoms with Gasteiger partial charge in [-0.3, -0.25) is 0 Å². The van der Waals surface area contributed by atoms with Crippen LogP contribution in [0.15, 0.2) is 0 Å². The van der Waals surface area contributed by atoms with Crippen molar-refractivity contribution in [1.29, 1.82) is 0 Å². The van der Waals surface area contributed by atoms with Gasteiger partial charge < -0.3 is 24.7 Å². The third-order valence-electron chi connectivity index (χ3n) is 1.58. The lowest BCUT2D eigenvalue weighted by molar-refractivity contribution is 0.000383. The Bertz CT molecular complexity index is 119. The molecule has 0 radical (unpaired) electrons. The van der Waals surface area contributed by atoms with E-state index in [0.717, 1.165) is 6.61 Å². The van der Waals surface area contributed by atoms with Gasteiger partial charge in [-0.1, -0.05) is 20.3 Å². The number of hydrogen-bond acceptors (Lipinski definition) is 5. The molecule has 0 amide bonds. The van der Waals surface area contributed by atoms with Crippen molar-refractivity contribution in [3.63, 3.8) is 0 Å². The molecule has 0 bridgehead atoms. The van der Waals surface area contributed by atoms with E-state index in [9.17, 15) is 0 Å². The first-order valence-corrected chi connectivity index (χ1v) is 6.84. The molecule has 0 rings (SSSR count). The van der Waals surface area contributed by atoms with Crippen LogP contribution in [0.4, 0.5) is 0 Å². The molecule has 0 spiro atoms. The van der Waals surface area contributed by atoms with E-state index in [4.69, 9.17) is 24.7 Å². The van der Waals surface area contributed by atoms with Gasteiger partial charge in [-0.05, 0) is 6.92 Å². The van der Waals surface area contributed by atoms with Crippen molar-refractivity contribution in [2.75, 3.05) is 59.4 Å². The highest BCUT2D eigenvalue weighted by atomic mass is 16.6. The Hall–Kier alpha value is -0.200. The van der Waals surface area contributed by atoms with Crippen LogP contribution in [0.5, 0.6) is 0 Å². The van der Waals surface area contributed by atoms with Crippen molar-refractivity contribution in [2.24, 2.45) is 5.73 Å². The summed E-state index contributed by atoms with van der Waals surface area (Å²) in [5.41, 5.74) is 5.25. The molecule has 0 aliphatic heterocycles. The van der Waals surface area contributed by atoms with Crippen LogP contribution >= 0.6 is 0 Å². The Morgan fingerprint density at radius 3 is 1.33 bits per heavy atom. The van der Waals surface area contributed by atoms with E-state index in [1.165, 1.54) is 6.42 Å². The molecule has 0 aromatic rings. The maximum Gasteiger partial charge on any atom is 0.0701 e. The van der Waals surface area contributed by atoms with Crippen LogP contribution in [0.25, 0.3) is 0 Å². The number of hydrogen-bond donors (Lipinski definition) is 1. The number of rotatable bonds is 12. The minimum absolute atomic E-state index is 0. The van der Waals surface area contributed by atoms with E-state index < -0.39 is 0 Å². The van der Waals surface area contributed by atoms with E-state index in [0.29, 0.717) is 52.8 Å². The van der Waals surface area contributed by atoms with Gasteiger partial charge in [0.25, 0.3) is 0 Å². The molecule has 2 N–H and O–H groups in total. The summed E-state index contributed by atoms with van der Waals surface area (Å²) in [4.78, 5) is 0. The van der Waals surface area contributed by atoms with Gasteiger partial charge in [0, 0.05) is 14.6 Å². The van der Waals surface area contributed by atoms with E-state index in [1.54, 1.807) is 0 Å². The van der Waals surface area contributed by atoms with Crippen LogP contribution < -0.4 is 5.73 Å². The highest BCUT2D eigenvalue weighted by Crippen LogP contribution is 1.81. The Balaban J connectivity index is -0.000000580. The first kappa shape index (κ1) is 20.1. The van der Waals surface area contributed by atoms with Gasteiger partial charge in [0.15, 0.2) is 0 Å². The van der Waals surface area contributed by atoms with Crippen LogP contribution in [0.2, 0.25) is 0 Å². The molecule has 18 heavy (non-hydrogen) atoms. The van der Waals surface area contributed by atoms with Gasteiger partial charge in [0.2, 0.25) is 0 Å². The van der Waals surface area contributed by atoms with Crippen molar-refractivity contribution in [2.45, 2.75) is 27.2 Å². The SMILES string of the molecule is CCC.CCOCCOCCOCCOCCN.[HH]. The Morgan fingerprint density at radius 1 is 0.667 bits per heavy atom. The molecule has 0 atom stereocenters. The van der Waals surface area contributed by atoms with Gasteiger partial charge in [0.05, 0.1) is 46.2 Å². The first-order chi connectivity index (χ1) is 8.83. The summed E-state index contributed by atoms with van der Waals surface area (Å²) >= 11 is 0. The van der Waals surface area contributed by atoms with Crippen LogP contribution in [0.1, 0.15) is 28.6 Å². The fraction of sp³-hybridized carbons (Fsp3) is 1.00. The zero-order chi connectivity index (χ0) is 13.9. The van der Waals surface area contributed by atoms with Gasteiger partial charge >= 0.3 is 0 Å². The normalized spacial score (nSPS) is 10.0. The summed E-state index contributed by atoms with van der Waals surface area (Å²) in [7, 11) is 0. The van der Waals surface area contributed by atoms with E-state index in [1.807, 2.05) is 6.92 Å². The lowest BCUT2D eigenvalue weighted by atomic mass is 10.6. The predicted octanol–water partition coefficient (Wildman–Crippen LogP) is 1.69. The van der Waals surface area contributed by atoms with Crippen LogP contribution in [0, 0.1) is 0 Å². The maximum atomic E-state index is 5.26. The molecule has 5 nitrogen and oxygen atoms in total. The van der Waals surface area contributed by atoms with Crippen molar-refractivity contribution in [3.05, 3.63) is 0 Å². The van der Waals surface area contributed by atoms with Crippen LogP contribution in [-0.2, 0) is 18.9 Å². The average Bonchev–Trinajstić information content (AvgIpc) is 2.37. The van der Waals surface area contributed by atoms with Crippen molar-refractivity contribution in [1.82, 2.24) is 0 Å². The average molecular weight is 267 g/mol. The molecule has 0 saturated heterocycles. The molecular formula is C13H33NO4. The Morgan fingerprint density at radius 2 is 1.00 bits per heavy atom. The smallest absolute Gasteiger partial charge is 0.0701 e. The fourth-order valence-electron chi connectivity index (χ4n) is 0.887. The zero-order valence-electron chi connectivity index (χ0n) is 12.3. The van der Waals surface area contributed by atoms with E-state index >= 15 is 0 Å². The molecular weight excluding hydrogens is 234 g/mol. The molecule has 0 aromatic heterocycles. The van der Waals surface area contributed by atoms with Crippen LogP contribution in [-0.4, -0.2) is 59.4 Å². The molecule has 5 heteroatoms. The second-order valence-corrected chi connectivity index (χ2v) is 3.53. The second kappa shape index (κ2) is 22.0. The Kier molecular flexibility index (Phi) is 24.6. The predicted molar refractivity (Wildman–Crippen MR) is 76.1 cm³/mol. The van der Waals surface area contributed by atoms with E-state index in [-0.39, 0.29) is 1.43 Å². The molecule has 0 fully saturated rings. The molecule has 0 heterocycles. The van der Waals surface area contributed by atoms with Crippen molar-refractivity contribution >= 4 is 0 Å². The van der Waals surface area contributed by atoms with Gasteiger partial charge in [-0.25, -0.2) is 0 Å². The van der Waals surface area contributed by atoms with Crippen molar-refractivity contribution in [3.8, 4) is 0 Å².